The number of nitrogens with two attached hydrogens (primary N) is 2. The fraction of sp³-hybridized carbons (Fsp3) is 0.109. The van der Waals surface area contributed by atoms with E-state index in [2.05, 4.69) is 0 Å². The summed E-state index contributed by atoms with van der Waals surface area (Å²) < 4.78 is 3.89. The maximum Gasteiger partial charge on any atom is 0.352 e. The maximum absolute atomic E-state index is 15.1. The lowest BCUT2D eigenvalue weighted by Crippen LogP contribution is -2.50. The highest BCUT2D eigenvalue weighted by atomic mass is 16.2. The minimum Gasteiger partial charge on any atom is -0.384 e. The molecule has 5 N–H and O–H groups in total. The number of para-hydroxylation sites is 2. The summed E-state index contributed by atoms with van der Waals surface area (Å²) in [6, 6.07) is 49.8. The summed E-state index contributed by atoms with van der Waals surface area (Å²) in [7, 11) is 0. The van der Waals surface area contributed by atoms with Crippen LogP contribution in [0, 0.1) is 5.41 Å². The van der Waals surface area contributed by atoms with Gasteiger partial charge in [-0.05, 0) is 58.1 Å². The van der Waals surface area contributed by atoms with Crippen LogP contribution in [0.3, 0.4) is 0 Å². The van der Waals surface area contributed by atoms with E-state index in [4.69, 9.17) is 16.9 Å². The molecule has 0 spiro atoms. The van der Waals surface area contributed by atoms with Gasteiger partial charge in [-0.1, -0.05) is 140 Å². The van der Waals surface area contributed by atoms with E-state index in [1.165, 1.54) is 18.8 Å². The van der Waals surface area contributed by atoms with Gasteiger partial charge in [0.05, 0.1) is 23.8 Å². The van der Waals surface area contributed by atoms with Crippen molar-refractivity contribution in [3.8, 4) is 11.4 Å². The standard InChI is InChI=1S/C46H41N7O4/c47-42(48)37-22-14-15-32(28-37)29-40(43(49)54)50(44(55)41(35-18-5-1-6-19-35)36-20-7-2-8-21-36)30-33-16-13-17-34(27-33)31-51-45(56)52(38-23-9-3-10-24-38)53(46(51)57)39-25-11-4-12-26-39/h1-28,40-41H,29-31H2,(H3,47,48)(H2,49,54)/t40-/m1/s1. The number of nitrogens with zero attached hydrogens (tertiary/aromatic N) is 4. The van der Waals surface area contributed by atoms with Crippen LogP contribution in [0.2, 0.25) is 0 Å². The van der Waals surface area contributed by atoms with E-state index in [1.54, 1.807) is 78.9 Å². The first-order valence-corrected chi connectivity index (χ1v) is 18.5. The number of rotatable bonds is 14. The van der Waals surface area contributed by atoms with Gasteiger partial charge in [-0.25, -0.2) is 14.2 Å². The van der Waals surface area contributed by atoms with Crippen LogP contribution in [0.25, 0.3) is 11.4 Å². The van der Waals surface area contributed by atoms with Crippen LogP contribution in [-0.2, 0) is 29.1 Å². The van der Waals surface area contributed by atoms with Crippen molar-refractivity contribution in [3.05, 3.63) is 224 Å². The zero-order valence-corrected chi connectivity index (χ0v) is 31.0. The number of nitrogens with one attached hydrogen (secondary N) is 1. The van der Waals surface area contributed by atoms with E-state index >= 15 is 4.79 Å². The van der Waals surface area contributed by atoms with Crippen LogP contribution in [0.1, 0.15) is 39.3 Å². The third-order valence-electron chi connectivity index (χ3n) is 9.88. The quantitative estimate of drug-likeness (QED) is 0.100. The number of benzene rings is 6. The highest BCUT2D eigenvalue weighted by Gasteiger charge is 2.35. The van der Waals surface area contributed by atoms with Crippen molar-refractivity contribution in [1.29, 1.82) is 5.41 Å². The summed E-state index contributed by atoms with van der Waals surface area (Å²) in [6.45, 7) is -0.0725. The molecule has 7 rings (SSSR count). The summed E-state index contributed by atoms with van der Waals surface area (Å²) in [5.74, 6) is -1.94. The molecule has 11 nitrogen and oxygen atoms in total. The molecule has 0 aliphatic carbocycles. The lowest BCUT2D eigenvalue weighted by Gasteiger charge is -2.34. The Bertz CT molecular complexity index is 2530. The van der Waals surface area contributed by atoms with Gasteiger partial charge in [-0.15, -0.1) is 0 Å². The van der Waals surface area contributed by atoms with Crippen LogP contribution < -0.4 is 22.8 Å². The van der Waals surface area contributed by atoms with Gasteiger partial charge in [0.1, 0.15) is 11.9 Å². The molecular weight excluding hydrogens is 715 g/mol. The third-order valence-corrected chi connectivity index (χ3v) is 9.88. The van der Waals surface area contributed by atoms with Gasteiger partial charge in [-0.2, -0.15) is 9.36 Å². The third kappa shape index (κ3) is 8.27. The monoisotopic (exact) mass is 755 g/mol. The molecule has 0 fully saturated rings. The first-order chi connectivity index (χ1) is 27.7. The average molecular weight is 756 g/mol. The van der Waals surface area contributed by atoms with Crippen LogP contribution in [0.15, 0.2) is 179 Å². The molecule has 1 atom stereocenters. The molecule has 1 heterocycles. The van der Waals surface area contributed by atoms with E-state index < -0.39 is 29.2 Å². The highest BCUT2D eigenvalue weighted by Crippen LogP contribution is 2.29. The smallest absolute Gasteiger partial charge is 0.352 e. The van der Waals surface area contributed by atoms with E-state index in [1.807, 2.05) is 91.0 Å². The molecule has 0 saturated heterocycles. The van der Waals surface area contributed by atoms with Crippen molar-refractivity contribution in [2.24, 2.45) is 11.5 Å². The van der Waals surface area contributed by atoms with Crippen molar-refractivity contribution in [2.45, 2.75) is 31.5 Å². The molecule has 0 bridgehead atoms. The number of hydrogen-bond donors (Lipinski definition) is 3. The van der Waals surface area contributed by atoms with Gasteiger partial charge < -0.3 is 16.4 Å². The fourth-order valence-corrected chi connectivity index (χ4v) is 7.14. The Balaban J connectivity index is 1.30. The van der Waals surface area contributed by atoms with Crippen molar-refractivity contribution >= 4 is 17.6 Å². The highest BCUT2D eigenvalue weighted by molar-refractivity contribution is 5.95. The van der Waals surface area contributed by atoms with Gasteiger partial charge in [0.25, 0.3) is 0 Å². The molecule has 2 amide bonds. The zero-order chi connectivity index (χ0) is 39.9. The van der Waals surface area contributed by atoms with Gasteiger partial charge in [0.15, 0.2) is 0 Å². The summed E-state index contributed by atoms with van der Waals surface area (Å²) >= 11 is 0. The normalized spacial score (nSPS) is 11.6. The van der Waals surface area contributed by atoms with E-state index in [0.717, 1.165) is 11.1 Å². The molecule has 284 valence electrons. The molecule has 6 aromatic carbocycles. The lowest BCUT2D eigenvalue weighted by molar-refractivity contribution is -0.140. The second-order valence-electron chi connectivity index (χ2n) is 13.7. The molecule has 7 aromatic rings. The minimum absolute atomic E-state index is 0.0168. The second-order valence-corrected chi connectivity index (χ2v) is 13.7. The number of primary amides is 1. The first kappa shape index (κ1) is 37.8. The molecular formula is C46H41N7O4. The van der Waals surface area contributed by atoms with E-state index in [-0.39, 0.29) is 31.3 Å². The Morgan fingerprint density at radius 2 is 1.05 bits per heavy atom. The van der Waals surface area contributed by atoms with Crippen molar-refractivity contribution in [3.63, 3.8) is 0 Å². The van der Waals surface area contributed by atoms with Crippen LogP contribution in [0.5, 0.6) is 0 Å². The molecule has 0 aliphatic heterocycles. The Morgan fingerprint density at radius 1 is 0.579 bits per heavy atom. The van der Waals surface area contributed by atoms with Gasteiger partial charge in [0.2, 0.25) is 11.8 Å². The van der Waals surface area contributed by atoms with E-state index in [0.29, 0.717) is 33.6 Å². The number of amides is 2. The Hall–Kier alpha value is -7.53. The summed E-state index contributed by atoms with van der Waals surface area (Å²) in [5.41, 5.74) is 15.9. The van der Waals surface area contributed by atoms with Gasteiger partial charge in [0, 0.05) is 18.5 Å². The number of carbonyl (C=O) groups is 2. The van der Waals surface area contributed by atoms with E-state index in [9.17, 15) is 14.4 Å². The predicted octanol–water partition coefficient (Wildman–Crippen LogP) is 5.38. The Morgan fingerprint density at radius 3 is 1.56 bits per heavy atom. The number of hydrogen-bond acceptors (Lipinski definition) is 5. The van der Waals surface area contributed by atoms with Crippen LogP contribution in [0.4, 0.5) is 0 Å². The molecule has 0 aliphatic rings. The molecule has 1 aromatic heterocycles. The summed E-state index contributed by atoms with van der Waals surface area (Å²) in [4.78, 5) is 58.2. The zero-order valence-electron chi connectivity index (χ0n) is 31.0. The summed E-state index contributed by atoms with van der Waals surface area (Å²) in [6.07, 6.45) is 0.0691. The average Bonchev–Trinajstić information content (AvgIpc) is 3.48. The van der Waals surface area contributed by atoms with Gasteiger partial charge in [-0.3, -0.25) is 15.0 Å². The van der Waals surface area contributed by atoms with Gasteiger partial charge >= 0.3 is 11.4 Å². The van der Waals surface area contributed by atoms with Crippen molar-refractivity contribution < 1.29 is 9.59 Å². The molecule has 11 heteroatoms. The first-order valence-electron chi connectivity index (χ1n) is 18.5. The topological polar surface area (TPSA) is 162 Å². The minimum atomic E-state index is -1.10. The predicted molar refractivity (Wildman–Crippen MR) is 221 cm³/mol. The molecule has 0 unspecified atom stereocenters. The second kappa shape index (κ2) is 16.9. The van der Waals surface area contributed by atoms with Crippen LogP contribution >= 0.6 is 0 Å². The Labute approximate surface area is 329 Å². The number of amidine groups is 1. The number of nitrogen functional groups attached to an aromatic ring is 1. The largest absolute Gasteiger partial charge is 0.384 e. The lowest BCUT2D eigenvalue weighted by atomic mass is 9.88. The SMILES string of the molecule is N=C(N)c1cccc(C[C@H](C(N)=O)N(Cc2cccc(Cn3c(=O)n(-c4ccccc4)n(-c4ccccc4)c3=O)c2)C(=O)C(c2ccccc2)c2ccccc2)c1. The molecule has 0 radical (unpaired) electrons. The number of aromatic nitrogens is 3. The molecule has 57 heavy (non-hydrogen) atoms. The van der Waals surface area contributed by atoms with Crippen LogP contribution in [-0.4, -0.2) is 42.5 Å². The van der Waals surface area contributed by atoms with Crippen molar-refractivity contribution in [2.75, 3.05) is 0 Å². The van der Waals surface area contributed by atoms with Crippen molar-refractivity contribution in [1.82, 2.24) is 18.8 Å². The maximum atomic E-state index is 15.1. The Kier molecular flexibility index (Phi) is 11.2. The fourth-order valence-electron chi connectivity index (χ4n) is 7.14. The summed E-state index contributed by atoms with van der Waals surface area (Å²) in [5, 5.41) is 7.95. The molecule has 0 saturated carbocycles. The number of carbonyl (C=O) groups excluding carboxylic acids is 2.